The number of amides is 3. The Kier molecular flexibility index (Phi) is 6.69. The fourth-order valence-corrected chi connectivity index (χ4v) is 4.75. The lowest BCUT2D eigenvalue weighted by molar-refractivity contribution is 0.0894. The summed E-state index contributed by atoms with van der Waals surface area (Å²) in [6.07, 6.45) is 3.84. The molecule has 0 fully saturated rings. The number of aromatic amines is 1. The van der Waals surface area contributed by atoms with Crippen LogP contribution in [0.1, 0.15) is 36.6 Å². The van der Waals surface area contributed by atoms with Gasteiger partial charge >= 0.3 is 0 Å². The zero-order valence-electron chi connectivity index (χ0n) is 19.5. The molecule has 2 aromatic carbocycles. The highest BCUT2D eigenvalue weighted by molar-refractivity contribution is 6.39. The van der Waals surface area contributed by atoms with Gasteiger partial charge in [-0.15, -0.1) is 6.58 Å². The van der Waals surface area contributed by atoms with Crippen LogP contribution in [0.5, 0.6) is 0 Å². The molecule has 3 heterocycles. The van der Waals surface area contributed by atoms with Crippen molar-refractivity contribution in [2.75, 3.05) is 11.4 Å². The first-order valence-corrected chi connectivity index (χ1v) is 12.2. The van der Waals surface area contributed by atoms with E-state index < -0.39 is 11.8 Å². The largest absolute Gasteiger partial charge is 0.349 e. The van der Waals surface area contributed by atoms with Crippen LogP contribution < -0.4 is 10.2 Å². The number of hydrogen-bond donors (Lipinski definition) is 2. The summed E-state index contributed by atoms with van der Waals surface area (Å²) in [7, 11) is 0. The second-order valence-corrected chi connectivity index (χ2v) is 9.18. The molecule has 2 aromatic heterocycles. The summed E-state index contributed by atoms with van der Waals surface area (Å²) < 4.78 is 1.93. The number of halogens is 2. The summed E-state index contributed by atoms with van der Waals surface area (Å²) in [4.78, 5) is 41.0. The lowest BCUT2D eigenvalue weighted by Gasteiger charge is -2.23. The van der Waals surface area contributed by atoms with Crippen LogP contribution in [0.2, 0.25) is 10.0 Å². The molecule has 1 aliphatic heterocycles. The fourth-order valence-electron chi connectivity index (χ4n) is 4.31. The minimum absolute atomic E-state index is 0.154. The maximum Gasteiger partial charge on any atom is 0.268 e. The number of anilines is 1. The maximum atomic E-state index is 13.8. The highest BCUT2D eigenvalue weighted by Gasteiger charge is 2.35. The second-order valence-electron chi connectivity index (χ2n) is 8.36. The van der Waals surface area contributed by atoms with Crippen molar-refractivity contribution in [2.45, 2.75) is 13.0 Å². The van der Waals surface area contributed by atoms with E-state index in [9.17, 15) is 14.4 Å². The predicted octanol–water partition coefficient (Wildman–Crippen LogP) is 5.14. The molecule has 0 saturated heterocycles. The highest BCUT2D eigenvalue weighted by atomic mass is 35.5. The third-order valence-corrected chi connectivity index (χ3v) is 6.76. The van der Waals surface area contributed by atoms with E-state index in [1.165, 1.54) is 0 Å². The topological polar surface area (TPSA) is 100 Å². The Morgan fingerprint density at radius 1 is 1.05 bits per heavy atom. The molecule has 4 aromatic rings. The maximum absolute atomic E-state index is 13.8. The number of aromatic nitrogens is 3. The van der Waals surface area contributed by atoms with E-state index in [4.69, 9.17) is 23.2 Å². The summed E-state index contributed by atoms with van der Waals surface area (Å²) >= 11 is 12.7. The van der Waals surface area contributed by atoms with Crippen LogP contribution in [-0.4, -0.2) is 39.0 Å². The first-order valence-electron chi connectivity index (χ1n) is 11.5. The first kappa shape index (κ1) is 24.5. The number of nitrogens with one attached hydrogen (secondary N) is 2. The van der Waals surface area contributed by atoms with Crippen molar-refractivity contribution in [2.24, 2.45) is 0 Å². The molecule has 1 aliphatic rings. The average Bonchev–Trinajstić information content (AvgIpc) is 3.52. The monoisotopic (exact) mass is 533 g/mol. The minimum Gasteiger partial charge on any atom is -0.349 e. The molecule has 3 amide bonds. The van der Waals surface area contributed by atoms with Gasteiger partial charge in [0, 0.05) is 24.8 Å². The number of benzene rings is 2. The molecule has 0 saturated carbocycles. The Morgan fingerprint density at radius 3 is 2.27 bits per heavy atom. The number of hydrogen-bond acceptors (Lipinski definition) is 4. The second kappa shape index (κ2) is 10.1. The van der Waals surface area contributed by atoms with E-state index in [1.54, 1.807) is 66.9 Å². The van der Waals surface area contributed by atoms with Crippen LogP contribution in [0.25, 0.3) is 11.4 Å². The van der Waals surface area contributed by atoms with E-state index >= 15 is 0 Å². The lowest BCUT2D eigenvalue weighted by atomic mass is 10.0. The Morgan fingerprint density at radius 2 is 1.68 bits per heavy atom. The normalized spacial score (nSPS) is 11.8. The molecular formula is C27H21Cl2N5O3. The molecule has 0 radical (unpaired) electrons. The summed E-state index contributed by atoms with van der Waals surface area (Å²) in [6, 6.07) is 14.8. The van der Waals surface area contributed by atoms with Crippen molar-refractivity contribution in [1.29, 1.82) is 0 Å². The minimum atomic E-state index is -0.629. The number of fused-ring (bicyclic) bond motifs is 3. The SMILES string of the molecule is C=CCNC(=O)c1cc2n(c1)CCc1c(N(C(=O)c3ccccc3Cl)C(=O)c3ccccc3Cl)n[nH]c1-2. The molecule has 0 bridgehead atoms. The van der Waals surface area contributed by atoms with Crippen molar-refractivity contribution < 1.29 is 14.4 Å². The number of nitrogens with zero attached hydrogens (tertiary/aromatic N) is 3. The number of aryl methyl sites for hydroxylation is 1. The van der Waals surface area contributed by atoms with Crippen molar-refractivity contribution in [1.82, 2.24) is 20.1 Å². The fraction of sp³-hybridized carbons (Fsp3) is 0.111. The molecule has 0 unspecified atom stereocenters. The molecule has 0 atom stereocenters. The van der Waals surface area contributed by atoms with Gasteiger partial charge in [0.05, 0.1) is 38.1 Å². The van der Waals surface area contributed by atoms with Gasteiger partial charge < -0.3 is 9.88 Å². The smallest absolute Gasteiger partial charge is 0.268 e. The van der Waals surface area contributed by atoms with E-state index in [-0.39, 0.29) is 32.9 Å². The van der Waals surface area contributed by atoms with Crippen LogP contribution in [0, 0.1) is 0 Å². The molecule has 0 aliphatic carbocycles. The standard InChI is InChI=1S/C27H21Cl2N5O3/c1-2-12-30-25(35)16-14-22-23-19(11-13-33(22)15-16)24(32-31-23)34(26(36)17-7-3-5-9-20(17)28)27(37)18-8-4-6-10-21(18)29/h2-10,14-15H,1,11-13H2,(H,30,35)(H,31,32). The van der Waals surface area contributed by atoms with E-state index in [0.717, 1.165) is 10.6 Å². The number of carbonyl (C=O) groups is 3. The average molecular weight is 534 g/mol. The molecule has 37 heavy (non-hydrogen) atoms. The van der Waals surface area contributed by atoms with Crippen LogP contribution >= 0.6 is 23.2 Å². The van der Waals surface area contributed by atoms with Crippen molar-refractivity contribution >= 4 is 46.7 Å². The quantitative estimate of drug-likeness (QED) is 0.264. The third-order valence-electron chi connectivity index (χ3n) is 6.10. The molecular weight excluding hydrogens is 513 g/mol. The van der Waals surface area contributed by atoms with Crippen LogP contribution in [-0.2, 0) is 13.0 Å². The molecule has 5 rings (SSSR count). The van der Waals surface area contributed by atoms with Gasteiger partial charge in [0.15, 0.2) is 5.82 Å². The first-order chi connectivity index (χ1) is 17.9. The van der Waals surface area contributed by atoms with Crippen molar-refractivity contribution in [3.8, 4) is 11.4 Å². The summed E-state index contributed by atoms with van der Waals surface area (Å²) in [5.74, 6) is -1.33. The van der Waals surface area contributed by atoms with Crippen LogP contribution in [0.4, 0.5) is 5.82 Å². The van der Waals surface area contributed by atoms with Gasteiger partial charge in [0.1, 0.15) is 0 Å². The third kappa shape index (κ3) is 4.45. The Balaban J connectivity index is 1.60. The van der Waals surface area contributed by atoms with E-state index in [2.05, 4.69) is 22.1 Å². The zero-order chi connectivity index (χ0) is 26.1. The van der Waals surface area contributed by atoms with Crippen molar-refractivity contribution in [3.63, 3.8) is 0 Å². The number of carbonyl (C=O) groups excluding carboxylic acids is 3. The van der Waals surface area contributed by atoms with Gasteiger partial charge in [0.2, 0.25) is 0 Å². The zero-order valence-corrected chi connectivity index (χ0v) is 21.0. The van der Waals surface area contributed by atoms with Crippen LogP contribution in [0.15, 0.2) is 73.4 Å². The van der Waals surface area contributed by atoms with E-state index in [0.29, 0.717) is 36.3 Å². The molecule has 0 spiro atoms. The van der Waals surface area contributed by atoms with Gasteiger partial charge in [-0.1, -0.05) is 53.5 Å². The highest BCUT2D eigenvalue weighted by Crippen LogP contribution is 2.36. The van der Waals surface area contributed by atoms with Gasteiger partial charge in [-0.3, -0.25) is 19.5 Å². The molecule has 10 heteroatoms. The number of H-pyrrole nitrogens is 1. The number of rotatable bonds is 6. The Bertz CT molecular complexity index is 1500. The molecule has 2 N–H and O–H groups in total. The Labute approximate surface area is 222 Å². The lowest BCUT2D eigenvalue weighted by Crippen LogP contribution is -2.38. The Hall–Kier alpha value is -4.14. The van der Waals surface area contributed by atoms with Gasteiger partial charge in [-0.05, 0) is 36.8 Å². The number of imide groups is 1. The summed E-state index contributed by atoms with van der Waals surface area (Å²) in [5, 5.41) is 10.5. The molecule has 8 nitrogen and oxygen atoms in total. The van der Waals surface area contributed by atoms with Gasteiger partial charge in [-0.25, -0.2) is 4.90 Å². The van der Waals surface area contributed by atoms with Crippen LogP contribution in [0.3, 0.4) is 0 Å². The predicted molar refractivity (Wildman–Crippen MR) is 142 cm³/mol. The van der Waals surface area contributed by atoms with Gasteiger partial charge in [-0.2, -0.15) is 5.10 Å². The summed E-state index contributed by atoms with van der Waals surface area (Å²) in [6.45, 7) is 4.49. The van der Waals surface area contributed by atoms with E-state index in [1.807, 2.05) is 4.57 Å². The summed E-state index contributed by atoms with van der Waals surface area (Å²) in [5.41, 5.74) is 2.80. The van der Waals surface area contributed by atoms with Gasteiger partial charge in [0.25, 0.3) is 17.7 Å². The van der Waals surface area contributed by atoms with Crippen molar-refractivity contribution in [3.05, 3.63) is 106 Å². The molecule has 186 valence electrons.